The number of rotatable bonds is 10. The SMILES string of the molecule is Cc1ccc(C(=O)c2cc(C(=O)c3ccc(C)cc3)c(OCc3ccccc3)cc2OCc2ccccc2)cc1. The highest BCUT2D eigenvalue weighted by Crippen LogP contribution is 2.34. The van der Waals surface area contributed by atoms with Crippen LogP contribution in [0.15, 0.2) is 121 Å². The molecule has 5 aromatic carbocycles. The Bertz CT molecular complexity index is 1480. The third-order valence-corrected chi connectivity index (χ3v) is 6.67. The molecule has 4 heteroatoms. The van der Waals surface area contributed by atoms with Crippen molar-refractivity contribution in [3.63, 3.8) is 0 Å². The second-order valence-corrected chi connectivity index (χ2v) is 9.78. The third-order valence-electron chi connectivity index (χ3n) is 6.67. The number of benzene rings is 5. The van der Waals surface area contributed by atoms with Crippen LogP contribution in [0.25, 0.3) is 0 Å². The van der Waals surface area contributed by atoms with E-state index in [0.717, 1.165) is 22.3 Å². The lowest BCUT2D eigenvalue weighted by Crippen LogP contribution is -2.12. The molecule has 0 amide bonds. The summed E-state index contributed by atoms with van der Waals surface area (Å²) in [5, 5.41) is 0. The van der Waals surface area contributed by atoms with Crippen molar-refractivity contribution in [2.24, 2.45) is 0 Å². The molecule has 0 unspecified atom stereocenters. The van der Waals surface area contributed by atoms with E-state index >= 15 is 0 Å². The van der Waals surface area contributed by atoms with E-state index in [1.165, 1.54) is 0 Å². The summed E-state index contributed by atoms with van der Waals surface area (Å²) in [7, 11) is 0. The fourth-order valence-electron chi connectivity index (χ4n) is 4.35. The fraction of sp³-hybridized carbons (Fsp3) is 0.111. The van der Waals surface area contributed by atoms with Gasteiger partial charge >= 0.3 is 0 Å². The number of ketones is 2. The summed E-state index contributed by atoms with van der Waals surface area (Å²) < 4.78 is 12.5. The molecular formula is C36H30O4. The molecule has 0 spiro atoms. The maximum Gasteiger partial charge on any atom is 0.196 e. The van der Waals surface area contributed by atoms with Crippen molar-refractivity contribution in [3.8, 4) is 11.5 Å². The van der Waals surface area contributed by atoms with Gasteiger partial charge in [-0.3, -0.25) is 9.59 Å². The lowest BCUT2D eigenvalue weighted by atomic mass is 9.95. The molecule has 5 rings (SSSR count). The van der Waals surface area contributed by atoms with Crippen molar-refractivity contribution in [2.75, 3.05) is 0 Å². The van der Waals surface area contributed by atoms with Crippen molar-refractivity contribution in [1.82, 2.24) is 0 Å². The molecule has 0 aliphatic carbocycles. The van der Waals surface area contributed by atoms with Crippen molar-refractivity contribution < 1.29 is 19.1 Å². The molecule has 0 heterocycles. The van der Waals surface area contributed by atoms with E-state index in [4.69, 9.17) is 9.47 Å². The van der Waals surface area contributed by atoms with Gasteiger partial charge in [0, 0.05) is 17.2 Å². The van der Waals surface area contributed by atoms with Crippen LogP contribution in [0.1, 0.15) is 54.1 Å². The molecular weight excluding hydrogens is 496 g/mol. The van der Waals surface area contributed by atoms with Crippen LogP contribution in [0.5, 0.6) is 11.5 Å². The summed E-state index contributed by atoms with van der Waals surface area (Å²) in [5.74, 6) is 0.266. The van der Waals surface area contributed by atoms with E-state index in [1.54, 1.807) is 36.4 Å². The fourth-order valence-corrected chi connectivity index (χ4v) is 4.35. The molecule has 4 nitrogen and oxygen atoms in total. The van der Waals surface area contributed by atoms with Crippen LogP contribution in [0, 0.1) is 13.8 Å². The molecule has 0 aliphatic rings. The Morgan fingerprint density at radius 1 is 0.500 bits per heavy atom. The molecule has 0 radical (unpaired) electrons. The highest BCUT2D eigenvalue weighted by Gasteiger charge is 2.24. The first-order chi connectivity index (χ1) is 19.5. The van der Waals surface area contributed by atoms with Gasteiger partial charge in [0.2, 0.25) is 0 Å². The van der Waals surface area contributed by atoms with Crippen LogP contribution < -0.4 is 9.47 Å². The van der Waals surface area contributed by atoms with Gasteiger partial charge in [-0.15, -0.1) is 0 Å². The highest BCUT2D eigenvalue weighted by molar-refractivity contribution is 6.15. The molecule has 0 fully saturated rings. The minimum Gasteiger partial charge on any atom is -0.488 e. The average molecular weight is 527 g/mol. The number of ether oxygens (including phenoxy) is 2. The Morgan fingerprint density at radius 3 is 1.25 bits per heavy atom. The van der Waals surface area contributed by atoms with Gasteiger partial charge in [-0.25, -0.2) is 0 Å². The van der Waals surface area contributed by atoms with E-state index in [-0.39, 0.29) is 24.8 Å². The molecule has 5 aromatic rings. The first kappa shape index (κ1) is 26.6. The number of carbonyl (C=O) groups excluding carboxylic acids is 2. The standard InChI is InChI=1S/C36H30O4/c1-25-13-17-29(18-14-25)35(37)31-21-32(36(38)30-19-15-26(2)16-20-30)34(40-24-28-11-7-4-8-12-28)22-33(31)39-23-27-9-5-3-6-10-27/h3-22H,23-24H2,1-2H3. The summed E-state index contributed by atoms with van der Waals surface area (Å²) in [4.78, 5) is 27.6. The number of carbonyl (C=O) groups is 2. The van der Waals surface area contributed by atoms with Crippen LogP contribution in [0.4, 0.5) is 0 Å². The van der Waals surface area contributed by atoms with Crippen LogP contribution in [-0.4, -0.2) is 11.6 Å². The van der Waals surface area contributed by atoms with Crippen molar-refractivity contribution in [2.45, 2.75) is 27.1 Å². The van der Waals surface area contributed by atoms with Gasteiger partial charge in [-0.2, -0.15) is 0 Å². The zero-order valence-electron chi connectivity index (χ0n) is 22.6. The van der Waals surface area contributed by atoms with Crippen LogP contribution in [-0.2, 0) is 13.2 Å². The highest BCUT2D eigenvalue weighted by atomic mass is 16.5. The maximum atomic E-state index is 13.8. The Kier molecular flexibility index (Phi) is 8.17. The molecule has 0 saturated heterocycles. The van der Waals surface area contributed by atoms with E-state index in [1.807, 2.05) is 98.8 Å². The molecule has 40 heavy (non-hydrogen) atoms. The summed E-state index contributed by atoms with van der Waals surface area (Å²) in [5.41, 5.74) is 5.67. The second kappa shape index (κ2) is 12.3. The quantitative estimate of drug-likeness (QED) is 0.173. The summed E-state index contributed by atoms with van der Waals surface area (Å²) in [6.07, 6.45) is 0. The first-order valence-electron chi connectivity index (χ1n) is 13.2. The molecule has 0 atom stereocenters. The molecule has 0 aromatic heterocycles. The van der Waals surface area contributed by atoms with Gasteiger partial charge in [0.1, 0.15) is 24.7 Å². The second-order valence-electron chi connectivity index (χ2n) is 9.78. The normalized spacial score (nSPS) is 10.7. The van der Waals surface area contributed by atoms with Crippen molar-refractivity contribution in [3.05, 3.63) is 166 Å². The Hall–Kier alpha value is -4.96. The van der Waals surface area contributed by atoms with Crippen LogP contribution in [0.3, 0.4) is 0 Å². The first-order valence-corrected chi connectivity index (χ1v) is 13.2. The van der Waals surface area contributed by atoms with E-state index < -0.39 is 0 Å². The lowest BCUT2D eigenvalue weighted by molar-refractivity contribution is 0.103. The summed E-state index contributed by atoms with van der Waals surface area (Å²) in [6, 6.07) is 37.5. The van der Waals surface area contributed by atoms with Crippen LogP contribution >= 0.6 is 0 Å². The van der Waals surface area contributed by atoms with Crippen molar-refractivity contribution in [1.29, 1.82) is 0 Å². The Morgan fingerprint density at radius 2 is 0.875 bits per heavy atom. The zero-order chi connectivity index (χ0) is 27.9. The van der Waals surface area contributed by atoms with Crippen molar-refractivity contribution >= 4 is 11.6 Å². The molecule has 0 bridgehead atoms. The smallest absolute Gasteiger partial charge is 0.196 e. The Balaban J connectivity index is 1.60. The molecule has 0 saturated carbocycles. The number of hydrogen-bond donors (Lipinski definition) is 0. The molecule has 198 valence electrons. The largest absolute Gasteiger partial charge is 0.488 e. The van der Waals surface area contributed by atoms with Gasteiger partial charge in [0.05, 0.1) is 11.1 Å². The van der Waals surface area contributed by atoms with Gasteiger partial charge in [0.15, 0.2) is 11.6 Å². The predicted octanol–water partition coefficient (Wildman–Crippen LogP) is 7.92. The van der Waals surface area contributed by atoms with Gasteiger partial charge in [-0.05, 0) is 31.0 Å². The lowest BCUT2D eigenvalue weighted by Gasteiger charge is -2.17. The minimum atomic E-state index is -0.226. The average Bonchev–Trinajstić information content (AvgIpc) is 3.00. The van der Waals surface area contributed by atoms with E-state index in [9.17, 15) is 9.59 Å². The third kappa shape index (κ3) is 6.36. The summed E-state index contributed by atoms with van der Waals surface area (Å²) in [6.45, 7) is 4.47. The molecule has 0 N–H and O–H groups in total. The van der Waals surface area contributed by atoms with E-state index in [0.29, 0.717) is 33.8 Å². The van der Waals surface area contributed by atoms with Gasteiger partial charge in [0.25, 0.3) is 0 Å². The topological polar surface area (TPSA) is 52.6 Å². The zero-order valence-corrected chi connectivity index (χ0v) is 22.6. The minimum absolute atomic E-state index is 0.226. The monoisotopic (exact) mass is 526 g/mol. The maximum absolute atomic E-state index is 13.8. The molecule has 0 aliphatic heterocycles. The van der Waals surface area contributed by atoms with Gasteiger partial charge in [-0.1, -0.05) is 120 Å². The predicted molar refractivity (Wildman–Crippen MR) is 157 cm³/mol. The van der Waals surface area contributed by atoms with Crippen LogP contribution in [0.2, 0.25) is 0 Å². The van der Waals surface area contributed by atoms with Gasteiger partial charge < -0.3 is 9.47 Å². The summed E-state index contributed by atoms with van der Waals surface area (Å²) >= 11 is 0. The Labute approximate surface area is 234 Å². The number of hydrogen-bond acceptors (Lipinski definition) is 4. The number of aryl methyl sites for hydroxylation is 2. The van der Waals surface area contributed by atoms with E-state index in [2.05, 4.69) is 0 Å².